The van der Waals surface area contributed by atoms with Crippen LogP contribution in [0.3, 0.4) is 0 Å². The van der Waals surface area contributed by atoms with Gasteiger partial charge in [0.1, 0.15) is 0 Å². The van der Waals surface area contributed by atoms with Crippen LogP contribution in [0.4, 0.5) is 5.69 Å². The van der Waals surface area contributed by atoms with Gasteiger partial charge in [0.25, 0.3) is 5.91 Å². The Kier molecular flexibility index (Phi) is 5.79. The predicted molar refractivity (Wildman–Crippen MR) is 77.6 cm³/mol. The van der Waals surface area contributed by atoms with Gasteiger partial charge in [0.15, 0.2) is 0 Å². The number of carbonyl (C=O) groups is 1. The fourth-order valence-electron chi connectivity index (χ4n) is 1.84. The van der Waals surface area contributed by atoms with Crippen LogP contribution in [-0.4, -0.2) is 58.3 Å². The highest BCUT2D eigenvalue weighted by molar-refractivity contribution is 5.95. The number of nitrogens with zero attached hydrogens (tertiary/aromatic N) is 2. The molecule has 0 aromatic heterocycles. The lowest BCUT2D eigenvalue weighted by molar-refractivity contribution is 0.0764. The van der Waals surface area contributed by atoms with Crippen molar-refractivity contribution in [1.29, 1.82) is 0 Å². The van der Waals surface area contributed by atoms with E-state index in [1.165, 1.54) is 0 Å². The molecule has 1 unspecified atom stereocenters. The maximum atomic E-state index is 12.3. The van der Waals surface area contributed by atoms with Gasteiger partial charge >= 0.3 is 0 Å². The van der Waals surface area contributed by atoms with E-state index in [0.29, 0.717) is 18.7 Å². The van der Waals surface area contributed by atoms with Crippen molar-refractivity contribution in [3.05, 3.63) is 29.8 Å². The molecule has 1 aromatic carbocycles. The van der Waals surface area contributed by atoms with E-state index in [-0.39, 0.29) is 11.9 Å². The van der Waals surface area contributed by atoms with Crippen molar-refractivity contribution in [1.82, 2.24) is 4.90 Å². The highest BCUT2D eigenvalue weighted by Gasteiger charge is 2.15. The molecule has 5 heteroatoms. The van der Waals surface area contributed by atoms with Gasteiger partial charge in [0.05, 0.1) is 6.61 Å². The summed E-state index contributed by atoms with van der Waals surface area (Å²) in [7, 11) is 7.24. The summed E-state index contributed by atoms with van der Waals surface area (Å²) in [5, 5.41) is 0. The van der Waals surface area contributed by atoms with E-state index in [0.717, 1.165) is 5.69 Å². The van der Waals surface area contributed by atoms with E-state index in [9.17, 15) is 4.79 Å². The average Bonchev–Trinajstić information content (AvgIpc) is 2.38. The van der Waals surface area contributed by atoms with Crippen LogP contribution in [0, 0.1) is 0 Å². The summed E-state index contributed by atoms with van der Waals surface area (Å²) < 4.78 is 4.97. The van der Waals surface area contributed by atoms with Crippen molar-refractivity contribution < 1.29 is 9.53 Å². The van der Waals surface area contributed by atoms with Crippen LogP contribution in [0.2, 0.25) is 0 Å². The molecule has 5 nitrogen and oxygen atoms in total. The van der Waals surface area contributed by atoms with Crippen LogP contribution >= 0.6 is 0 Å². The summed E-state index contributed by atoms with van der Waals surface area (Å²) in [6.07, 6.45) is 0. The van der Waals surface area contributed by atoms with Gasteiger partial charge in [-0.25, -0.2) is 0 Å². The molecule has 0 aliphatic rings. The van der Waals surface area contributed by atoms with Crippen molar-refractivity contribution in [2.45, 2.75) is 6.04 Å². The van der Waals surface area contributed by atoms with Crippen LogP contribution in [-0.2, 0) is 4.74 Å². The number of likely N-dealkylation sites (N-methyl/N-ethyl adjacent to an activating group) is 1. The Morgan fingerprint density at radius 3 is 2.63 bits per heavy atom. The first-order valence-electron chi connectivity index (χ1n) is 6.23. The maximum absolute atomic E-state index is 12.3. The summed E-state index contributed by atoms with van der Waals surface area (Å²) in [6.45, 7) is 0.911. The lowest BCUT2D eigenvalue weighted by atomic mass is 10.1. The van der Waals surface area contributed by atoms with Crippen LogP contribution in [0.15, 0.2) is 24.3 Å². The molecule has 1 aromatic rings. The van der Waals surface area contributed by atoms with E-state index in [1.54, 1.807) is 19.1 Å². The highest BCUT2D eigenvalue weighted by Crippen LogP contribution is 2.14. The normalized spacial score (nSPS) is 12.1. The van der Waals surface area contributed by atoms with Gasteiger partial charge in [-0.05, 0) is 18.2 Å². The number of amides is 1. The van der Waals surface area contributed by atoms with Gasteiger partial charge in [0, 0.05) is 52.1 Å². The van der Waals surface area contributed by atoms with E-state index in [1.807, 2.05) is 43.3 Å². The van der Waals surface area contributed by atoms with Crippen molar-refractivity contribution >= 4 is 11.6 Å². The minimum atomic E-state index is -0.170. The maximum Gasteiger partial charge on any atom is 0.253 e. The number of benzene rings is 1. The molecular formula is C14H23N3O2. The third-order valence-corrected chi connectivity index (χ3v) is 2.85. The lowest BCUT2D eigenvalue weighted by Crippen LogP contribution is -2.41. The van der Waals surface area contributed by atoms with Crippen LogP contribution in [0.25, 0.3) is 0 Å². The van der Waals surface area contributed by atoms with Gasteiger partial charge in [-0.2, -0.15) is 0 Å². The Labute approximate surface area is 114 Å². The monoisotopic (exact) mass is 265 g/mol. The van der Waals surface area contributed by atoms with E-state index < -0.39 is 0 Å². The lowest BCUT2D eigenvalue weighted by Gasteiger charge is -2.22. The van der Waals surface area contributed by atoms with E-state index >= 15 is 0 Å². The van der Waals surface area contributed by atoms with Gasteiger partial charge in [-0.15, -0.1) is 0 Å². The van der Waals surface area contributed by atoms with Crippen LogP contribution < -0.4 is 10.6 Å². The zero-order valence-corrected chi connectivity index (χ0v) is 12.1. The fourth-order valence-corrected chi connectivity index (χ4v) is 1.84. The van der Waals surface area contributed by atoms with Crippen LogP contribution in [0.1, 0.15) is 10.4 Å². The molecule has 0 radical (unpaired) electrons. The van der Waals surface area contributed by atoms with E-state index in [2.05, 4.69) is 0 Å². The van der Waals surface area contributed by atoms with Crippen molar-refractivity contribution in [3.63, 3.8) is 0 Å². The predicted octanol–water partition coefficient (Wildman–Crippen LogP) is 0.798. The van der Waals surface area contributed by atoms with E-state index in [4.69, 9.17) is 10.5 Å². The third-order valence-electron chi connectivity index (χ3n) is 2.85. The minimum Gasteiger partial charge on any atom is -0.383 e. The molecule has 1 atom stereocenters. The summed E-state index contributed by atoms with van der Waals surface area (Å²) in [5.74, 6) is -0.0322. The van der Waals surface area contributed by atoms with Crippen molar-refractivity contribution in [3.8, 4) is 0 Å². The smallest absolute Gasteiger partial charge is 0.253 e. The van der Waals surface area contributed by atoms with Gasteiger partial charge in [0.2, 0.25) is 0 Å². The molecule has 1 amide bonds. The first-order valence-corrected chi connectivity index (χ1v) is 6.23. The Balaban J connectivity index is 2.73. The molecule has 19 heavy (non-hydrogen) atoms. The van der Waals surface area contributed by atoms with Gasteiger partial charge in [-0.1, -0.05) is 6.07 Å². The molecule has 0 saturated heterocycles. The quantitative estimate of drug-likeness (QED) is 0.826. The molecule has 1 rings (SSSR count). The Hall–Kier alpha value is -1.59. The molecule has 2 N–H and O–H groups in total. The second-order valence-electron chi connectivity index (χ2n) is 4.85. The number of hydrogen-bond donors (Lipinski definition) is 1. The summed E-state index contributed by atoms with van der Waals surface area (Å²) in [5.41, 5.74) is 7.52. The third kappa shape index (κ3) is 4.54. The molecule has 106 valence electrons. The zero-order chi connectivity index (χ0) is 14.4. The fraction of sp³-hybridized carbons (Fsp3) is 0.500. The summed E-state index contributed by atoms with van der Waals surface area (Å²) in [4.78, 5) is 15.9. The largest absolute Gasteiger partial charge is 0.383 e. The number of carbonyl (C=O) groups excluding carboxylic acids is 1. The Morgan fingerprint density at radius 1 is 1.37 bits per heavy atom. The van der Waals surface area contributed by atoms with Crippen LogP contribution in [0.5, 0.6) is 0 Å². The number of methoxy groups -OCH3 is 1. The molecule has 0 fully saturated rings. The SMILES string of the molecule is COCC(N)CN(C)C(=O)c1cccc(N(C)C)c1. The Bertz CT molecular complexity index is 421. The van der Waals surface area contributed by atoms with Crippen molar-refractivity contribution in [2.24, 2.45) is 5.73 Å². The number of nitrogens with two attached hydrogens (primary N) is 1. The van der Waals surface area contributed by atoms with Gasteiger partial charge in [-0.3, -0.25) is 4.79 Å². The molecule has 0 aliphatic carbocycles. The Morgan fingerprint density at radius 2 is 2.05 bits per heavy atom. The molecular weight excluding hydrogens is 242 g/mol. The first kappa shape index (κ1) is 15.5. The standard InChI is InChI=1S/C14H23N3O2/c1-16(2)13-7-5-6-11(8-13)14(18)17(3)9-12(15)10-19-4/h5-8,12H,9-10,15H2,1-4H3. The molecule has 0 aliphatic heterocycles. The number of ether oxygens (including phenoxy) is 1. The summed E-state index contributed by atoms with van der Waals surface area (Å²) >= 11 is 0. The number of anilines is 1. The zero-order valence-electron chi connectivity index (χ0n) is 12.1. The summed E-state index contributed by atoms with van der Waals surface area (Å²) in [6, 6.07) is 7.36. The molecule has 0 heterocycles. The number of hydrogen-bond acceptors (Lipinski definition) is 4. The van der Waals surface area contributed by atoms with Crippen molar-refractivity contribution in [2.75, 3.05) is 46.3 Å². The first-order chi connectivity index (χ1) is 8.95. The average molecular weight is 265 g/mol. The molecule has 0 saturated carbocycles. The van der Waals surface area contributed by atoms with Gasteiger partial charge < -0.3 is 20.3 Å². The minimum absolute atomic E-state index is 0.0322. The molecule has 0 spiro atoms. The second kappa shape index (κ2) is 7.11. The topological polar surface area (TPSA) is 58.8 Å². The molecule has 0 bridgehead atoms. The highest BCUT2D eigenvalue weighted by atomic mass is 16.5. The number of rotatable bonds is 6. The second-order valence-corrected chi connectivity index (χ2v) is 4.85.